The van der Waals surface area contributed by atoms with Crippen molar-refractivity contribution >= 4 is 17.4 Å². The number of nitrogen functional groups attached to an aromatic ring is 1. The maximum atomic E-state index is 12.7. The molecule has 0 radical (unpaired) electrons. The second-order valence-electron chi connectivity index (χ2n) is 5.57. The highest BCUT2D eigenvalue weighted by molar-refractivity contribution is 6.10. The van der Waals surface area contributed by atoms with E-state index in [1.54, 1.807) is 6.07 Å². The highest BCUT2D eigenvalue weighted by atomic mass is 16.1. The number of pyridine rings is 2. The number of hydrogen-bond donors (Lipinski definition) is 2. The van der Waals surface area contributed by atoms with Crippen LogP contribution in [0.5, 0.6) is 0 Å². The van der Waals surface area contributed by atoms with Crippen LogP contribution in [0.2, 0.25) is 0 Å². The second kappa shape index (κ2) is 7.06. The Kier molecular flexibility index (Phi) is 4.68. The number of carbonyl (C=O) groups excluding carboxylic acids is 1. The Morgan fingerprint density at radius 2 is 2.21 bits per heavy atom. The molecule has 3 heterocycles. The first-order chi connectivity index (χ1) is 11.7. The predicted octanol–water partition coefficient (Wildman–Crippen LogP) is 0.961. The van der Waals surface area contributed by atoms with Crippen LogP contribution in [0.3, 0.4) is 0 Å². The molecule has 1 aliphatic heterocycles. The third kappa shape index (κ3) is 3.34. The fraction of sp³-hybridized carbons (Fsp3) is 0.294. The lowest BCUT2D eigenvalue weighted by Gasteiger charge is -2.21. The molecule has 0 aliphatic carbocycles. The van der Waals surface area contributed by atoms with Crippen molar-refractivity contribution < 1.29 is 4.79 Å². The SMILES string of the molecule is N#Cc1cnc(N)c(C(=O)c2cccc(N3CCCNCC3)n2)c1. The van der Waals surface area contributed by atoms with Gasteiger partial charge in [0.05, 0.1) is 11.1 Å². The Hall–Kier alpha value is -2.98. The number of nitrogens with one attached hydrogen (secondary N) is 1. The molecule has 0 amide bonds. The van der Waals surface area contributed by atoms with E-state index in [0.717, 1.165) is 38.4 Å². The van der Waals surface area contributed by atoms with E-state index in [1.807, 2.05) is 18.2 Å². The molecule has 7 nitrogen and oxygen atoms in total. The van der Waals surface area contributed by atoms with Crippen LogP contribution in [-0.4, -0.2) is 41.9 Å². The minimum Gasteiger partial charge on any atom is -0.383 e. The van der Waals surface area contributed by atoms with Gasteiger partial charge in [-0.05, 0) is 31.2 Å². The van der Waals surface area contributed by atoms with Gasteiger partial charge in [0.25, 0.3) is 0 Å². The molecule has 0 saturated carbocycles. The van der Waals surface area contributed by atoms with Crippen molar-refractivity contribution in [1.29, 1.82) is 5.26 Å². The molecule has 3 rings (SSSR count). The number of nitrogens with two attached hydrogens (primary N) is 1. The molecule has 2 aromatic heterocycles. The summed E-state index contributed by atoms with van der Waals surface area (Å²) in [7, 11) is 0. The van der Waals surface area contributed by atoms with Crippen molar-refractivity contribution in [2.45, 2.75) is 6.42 Å². The number of hydrogen-bond acceptors (Lipinski definition) is 7. The Balaban J connectivity index is 1.91. The second-order valence-corrected chi connectivity index (χ2v) is 5.57. The molecule has 0 aromatic carbocycles. The Labute approximate surface area is 140 Å². The molecule has 0 bridgehead atoms. The number of nitriles is 1. The van der Waals surface area contributed by atoms with Gasteiger partial charge in [-0.25, -0.2) is 9.97 Å². The fourth-order valence-corrected chi connectivity index (χ4v) is 2.66. The molecule has 24 heavy (non-hydrogen) atoms. The highest BCUT2D eigenvalue weighted by Gasteiger charge is 2.18. The molecular formula is C17H18N6O. The summed E-state index contributed by atoms with van der Waals surface area (Å²) in [6.07, 6.45) is 2.38. The van der Waals surface area contributed by atoms with Crippen LogP contribution in [0, 0.1) is 11.3 Å². The van der Waals surface area contributed by atoms with Crippen LogP contribution in [-0.2, 0) is 0 Å². The predicted molar refractivity (Wildman–Crippen MR) is 90.7 cm³/mol. The summed E-state index contributed by atoms with van der Waals surface area (Å²) in [5.74, 6) is 0.546. The lowest BCUT2D eigenvalue weighted by molar-refractivity contribution is 0.103. The van der Waals surface area contributed by atoms with Crippen LogP contribution in [0.15, 0.2) is 30.5 Å². The molecular weight excluding hydrogens is 304 g/mol. The molecule has 0 atom stereocenters. The van der Waals surface area contributed by atoms with Crippen molar-refractivity contribution in [3.8, 4) is 6.07 Å². The highest BCUT2D eigenvalue weighted by Crippen LogP contribution is 2.18. The van der Waals surface area contributed by atoms with E-state index in [1.165, 1.54) is 12.3 Å². The zero-order chi connectivity index (χ0) is 16.9. The Morgan fingerprint density at radius 1 is 1.33 bits per heavy atom. The van der Waals surface area contributed by atoms with Gasteiger partial charge in [-0.2, -0.15) is 5.26 Å². The summed E-state index contributed by atoms with van der Waals surface area (Å²) in [6, 6.07) is 8.78. The number of anilines is 2. The minimum absolute atomic E-state index is 0.102. The van der Waals surface area contributed by atoms with E-state index in [4.69, 9.17) is 11.0 Å². The first-order valence-electron chi connectivity index (χ1n) is 7.82. The van der Waals surface area contributed by atoms with Gasteiger partial charge in [0.1, 0.15) is 23.4 Å². The quantitative estimate of drug-likeness (QED) is 0.810. The van der Waals surface area contributed by atoms with Crippen molar-refractivity contribution in [2.24, 2.45) is 0 Å². The fourth-order valence-electron chi connectivity index (χ4n) is 2.66. The normalized spacial score (nSPS) is 14.7. The lowest BCUT2D eigenvalue weighted by Crippen LogP contribution is -2.29. The average Bonchev–Trinajstić information content (AvgIpc) is 2.91. The Bertz CT molecular complexity index is 790. The van der Waals surface area contributed by atoms with Gasteiger partial charge in [-0.3, -0.25) is 4.79 Å². The van der Waals surface area contributed by atoms with Crippen LogP contribution in [0.4, 0.5) is 11.6 Å². The van der Waals surface area contributed by atoms with E-state index in [9.17, 15) is 4.79 Å². The molecule has 122 valence electrons. The maximum Gasteiger partial charge on any atom is 0.215 e. The van der Waals surface area contributed by atoms with Gasteiger partial charge in [-0.15, -0.1) is 0 Å². The number of aromatic nitrogens is 2. The van der Waals surface area contributed by atoms with E-state index in [2.05, 4.69) is 20.2 Å². The van der Waals surface area contributed by atoms with Crippen molar-refractivity contribution in [2.75, 3.05) is 36.8 Å². The molecule has 1 aliphatic rings. The van der Waals surface area contributed by atoms with Gasteiger partial charge in [-0.1, -0.05) is 6.07 Å². The summed E-state index contributed by atoms with van der Waals surface area (Å²) in [5.41, 5.74) is 6.59. The van der Waals surface area contributed by atoms with Crippen LogP contribution in [0.25, 0.3) is 0 Å². The monoisotopic (exact) mass is 322 g/mol. The molecule has 1 saturated heterocycles. The van der Waals surface area contributed by atoms with Gasteiger partial charge in [0.15, 0.2) is 0 Å². The summed E-state index contributed by atoms with van der Waals surface area (Å²) in [6.45, 7) is 3.61. The van der Waals surface area contributed by atoms with E-state index < -0.39 is 0 Å². The zero-order valence-corrected chi connectivity index (χ0v) is 13.2. The summed E-state index contributed by atoms with van der Waals surface area (Å²) >= 11 is 0. The van der Waals surface area contributed by atoms with E-state index >= 15 is 0 Å². The lowest BCUT2D eigenvalue weighted by atomic mass is 10.1. The number of carbonyl (C=O) groups is 1. The molecule has 2 aromatic rings. The Morgan fingerprint density at radius 3 is 3.04 bits per heavy atom. The standard InChI is InChI=1S/C17H18N6O/c18-10-12-9-13(17(19)21-11-12)16(24)14-3-1-4-15(22-14)23-7-2-5-20-6-8-23/h1,3-4,9,11,20H,2,5-8H2,(H2,19,21). The van der Waals surface area contributed by atoms with Gasteiger partial charge < -0.3 is 16.0 Å². The van der Waals surface area contributed by atoms with Crippen LogP contribution in [0.1, 0.15) is 28.0 Å². The third-order valence-electron chi connectivity index (χ3n) is 3.92. The first-order valence-corrected chi connectivity index (χ1v) is 7.82. The smallest absolute Gasteiger partial charge is 0.215 e. The van der Waals surface area contributed by atoms with E-state index in [0.29, 0.717) is 11.3 Å². The minimum atomic E-state index is -0.327. The van der Waals surface area contributed by atoms with Crippen LogP contribution < -0.4 is 16.0 Å². The summed E-state index contributed by atoms with van der Waals surface area (Å²) in [4.78, 5) is 23.3. The molecule has 0 unspecified atom stereocenters. The van der Waals surface area contributed by atoms with Gasteiger partial charge in [0.2, 0.25) is 5.78 Å². The first kappa shape index (κ1) is 15.9. The summed E-state index contributed by atoms with van der Waals surface area (Å²) in [5, 5.41) is 12.3. The zero-order valence-electron chi connectivity index (χ0n) is 13.2. The molecule has 3 N–H and O–H groups in total. The summed E-state index contributed by atoms with van der Waals surface area (Å²) < 4.78 is 0. The topological polar surface area (TPSA) is 108 Å². The largest absolute Gasteiger partial charge is 0.383 e. The molecule has 1 fully saturated rings. The van der Waals surface area contributed by atoms with E-state index in [-0.39, 0.29) is 17.2 Å². The van der Waals surface area contributed by atoms with Gasteiger partial charge >= 0.3 is 0 Å². The van der Waals surface area contributed by atoms with Crippen molar-refractivity contribution in [3.63, 3.8) is 0 Å². The molecule has 7 heteroatoms. The average molecular weight is 322 g/mol. The number of rotatable bonds is 3. The number of nitrogens with zero attached hydrogens (tertiary/aromatic N) is 4. The van der Waals surface area contributed by atoms with Crippen molar-refractivity contribution in [3.05, 3.63) is 47.3 Å². The van der Waals surface area contributed by atoms with Crippen molar-refractivity contribution in [1.82, 2.24) is 15.3 Å². The molecule has 0 spiro atoms. The van der Waals surface area contributed by atoms with Gasteiger partial charge in [0, 0.05) is 25.8 Å². The maximum absolute atomic E-state index is 12.7. The third-order valence-corrected chi connectivity index (χ3v) is 3.92. The van der Waals surface area contributed by atoms with Crippen LogP contribution >= 0.6 is 0 Å². The number of ketones is 1.